The van der Waals surface area contributed by atoms with Crippen molar-refractivity contribution >= 4 is 11.7 Å². The summed E-state index contributed by atoms with van der Waals surface area (Å²) in [6, 6.07) is 6.01. The molecule has 1 aliphatic rings. The molecule has 1 saturated heterocycles. The molecule has 0 bridgehead atoms. The van der Waals surface area contributed by atoms with Crippen LogP contribution in [0.2, 0.25) is 0 Å². The molecule has 3 heterocycles. The lowest BCUT2D eigenvalue weighted by atomic mass is 10.1. The molecule has 1 aliphatic heterocycles. The summed E-state index contributed by atoms with van der Waals surface area (Å²) in [6.07, 6.45) is 2.63. The molecule has 0 aliphatic carbocycles. The highest BCUT2D eigenvalue weighted by Crippen LogP contribution is 2.28. The van der Waals surface area contributed by atoms with Crippen LogP contribution in [0.25, 0.3) is 5.78 Å². The number of aromatic nitrogens is 4. The third-order valence-electron chi connectivity index (χ3n) is 6.16. The zero-order valence-electron chi connectivity index (χ0n) is 19.2. The lowest BCUT2D eigenvalue weighted by Crippen LogP contribution is -2.48. The lowest BCUT2D eigenvalue weighted by molar-refractivity contribution is -0.133. The monoisotopic (exact) mass is 438 g/mol. The van der Waals surface area contributed by atoms with Gasteiger partial charge in [-0.25, -0.2) is 9.50 Å². The minimum absolute atomic E-state index is 0.188. The molecule has 0 unspecified atom stereocenters. The molecule has 3 aromatic rings. The number of ether oxygens (including phenoxy) is 2. The Balaban J connectivity index is 1.30. The first-order chi connectivity index (χ1) is 15.5. The summed E-state index contributed by atoms with van der Waals surface area (Å²) in [5.74, 6) is 2.26. The maximum Gasteiger partial charge on any atom is 0.252 e. The average Bonchev–Trinajstić information content (AvgIpc) is 3.27. The smallest absolute Gasteiger partial charge is 0.252 e. The zero-order chi connectivity index (χ0) is 22.7. The second-order valence-electron chi connectivity index (χ2n) is 8.08. The van der Waals surface area contributed by atoms with Gasteiger partial charge in [0.25, 0.3) is 5.78 Å². The van der Waals surface area contributed by atoms with Crippen LogP contribution in [0.4, 0.5) is 0 Å². The Hall–Kier alpha value is -3.20. The summed E-state index contributed by atoms with van der Waals surface area (Å²) in [5.41, 5.74) is 4.15. The van der Waals surface area contributed by atoms with Crippen molar-refractivity contribution in [2.24, 2.45) is 0 Å². The van der Waals surface area contributed by atoms with Gasteiger partial charge in [-0.3, -0.25) is 9.69 Å². The first-order valence-corrected chi connectivity index (χ1v) is 10.9. The van der Waals surface area contributed by atoms with Gasteiger partial charge in [-0.05, 0) is 43.5 Å². The molecule has 2 aromatic heterocycles. The fourth-order valence-corrected chi connectivity index (χ4v) is 4.30. The predicted octanol–water partition coefficient (Wildman–Crippen LogP) is 2.04. The Bertz CT molecular complexity index is 1100. The quantitative estimate of drug-likeness (QED) is 0.558. The van der Waals surface area contributed by atoms with E-state index in [1.807, 2.05) is 30.9 Å². The van der Waals surface area contributed by atoms with E-state index in [1.54, 1.807) is 18.7 Å². The van der Waals surface area contributed by atoms with Gasteiger partial charge >= 0.3 is 0 Å². The van der Waals surface area contributed by atoms with Crippen molar-refractivity contribution in [1.29, 1.82) is 0 Å². The number of benzene rings is 1. The van der Waals surface area contributed by atoms with Crippen molar-refractivity contribution in [2.45, 2.75) is 33.2 Å². The largest absolute Gasteiger partial charge is 0.493 e. The van der Waals surface area contributed by atoms with Gasteiger partial charge in [0.15, 0.2) is 11.5 Å². The minimum atomic E-state index is 0.188. The number of piperazine rings is 1. The highest BCUT2D eigenvalue weighted by molar-refractivity contribution is 5.76. The van der Waals surface area contributed by atoms with Gasteiger partial charge in [-0.2, -0.15) is 10.1 Å². The molecular weight excluding hydrogens is 408 g/mol. The van der Waals surface area contributed by atoms with Gasteiger partial charge in [0.2, 0.25) is 5.91 Å². The number of aryl methyl sites for hydroxylation is 2. The molecule has 0 spiro atoms. The highest BCUT2D eigenvalue weighted by Gasteiger charge is 2.22. The minimum Gasteiger partial charge on any atom is -0.493 e. The normalized spacial score (nSPS) is 14.7. The van der Waals surface area contributed by atoms with E-state index in [9.17, 15) is 4.79 Å². The molecule has 1 aromatic carbocycles. The van der Waals surface area contributed by atoms with Crippen molar-refractivity contribution in [3.63, 3.8) is 0 Å². The topological polar surface area (TPSA) is 85.1 Å². The van der Waals surface area contributed by atoms with E-state index >= 15 is 0 Å². The van der Waals surface area contributed by atoms with Crippen LogP contribution in [-0.4, -0.2) is 75.7 Å². The molecule has 1 fully saturated rings. The van der Waals surface area contributed by atoms with Crippen LogP contribution in [0.15, 0.2) is 24.5 Å². The van der Waals surface area contributed by atoms with Crippen LogP contribution in [0.3, 0.4) is 0 Å². The average molecular weight is 439 g/mol. The van der Waals surface area contributed by atoms with E-state index in [0.717, 1.165) is 61.2 Å². The molecule has 0 atom stereocenters. The van der Waals surface area contributed by atoms with Crippen molar-refractivity contribution in [3.05, 3.63) is 47.0 Å². The maximum absolute atomic E-state index is 12.8. The molecular formula is C23H30N6O3. The predicted molar refractivity (Wildman–Crippen MR) is 120 cm³/mol. The molecule has 0 N–H and O–H groups in total. The fraction of sp³-hybridized carbons (Fsp3) is 0.478. The van der Waals surface area contributed by atoms with E-state index in [0.29, 0.717) is 18.6 Å². The van der Waals surface area contributed by atoms with E-state index < -0.39 is 0 Å². The molecule has 0 radical (unpaired) electrons. The number of rotatable bonds is 7. The van der Waals surface area contributed by atoms with Crippen LogP contribution >= 0.6 is 0 Å². The Morgan fingerprint density at radius 1 is 1.06 bits per heavy atom. The highest BCUT2D eigenvalue weighted by atomic mass is 16.5. The Kier molecular flexibility index (Phi) is 6.55. The van der Waals surface area contributed by atoms with E-state index in [2.05, 4.69) is 26.0 Å². The van der Waals surface area contributed by atoms with Crippen LogP contribution in [0.1, 0.15) is 28.9 Å². The summed E-state index contributed by atoms with van der Waals surface area (Å²) >= 11 is 0. The van der Waals surface area contributed by atoms with Gasteiger partial charge in [0.1, 0.15) is 6.33 Å². The van der Waals surface area contributed by atoms with Crippen LogP contribution in [0, 0.1) is 13.8 Å². The fourth-order valence-electron chi connectivity index (χ4n) is 4.30. The van der Waals surface area contributed by atoms with E-state index in [-0.39, 0.29) is 5.91 Å². The molecule has 4 rings (SSSR count). The van der Waals surface area contributed by atoms with Crippen LogP contribution in [-0.2, 0) is 17.8 Å². The zero-order valence-corrected chi connectivity index (χ0v) is 19.2. The van der Waals surface area contributed by atoms with E-state index in [1.165, 1.54) is 11.9 Å². The number of carbonyl (C=O) groups is 1. The van der Waals surface area contributed by atoms with Crippen molar-refractivity contribution < 1.29 is 14.3 Å². The van der Waals surface area contributed by atoms with Gasteiger partial charge in [-0.1, -0.05) is 6.07 Å². The second-order valence-corrected chi connectivity index (χ2v) is 8.08. The standard InChI is InChI=1S/C23H30N6O3/c1-16-19(17(2)29-23(26-16)24-15-25-29)6-8-22(30)28-11-9-27(10-12-28)14-18-5-7-20(31-3)21(13-18)32-4/h5,7,13,15H,6,8-12,14H2,1-4H3. The Labute approximate surface area is 188 Å². The summed E-state index contributed by atoms with van der Waals surface area (Å²) in [4.78, 5) is 25.8. The van der Waals surface area contributed by atoms with Gasteiger partial charge in [0.05, 0.1) is 14.2 Å². The number of hydrogen-bond acceptors (Lipinski definition) is 7. The maximum atomic E-state index is 12.8. The summed E-state index contributed by atoms with van der Waals surface area (Å²) < 4.78 is 12.5. The lowest BCUT2D eigenvalue weighted by Gasteiger charge is -2.35. The molecule has 170 valence electrons. The summed E-state index contributed by atoms with van der Waals surface area (Å²) in [7, 11) is 3.29. The van der Waals surface area contributed by atoms with E-state index in [4.69, 9.17) is 9.47 Å². The van der Waals surface area contributed by atoms with Crippen molar-refractivity contribution in [1.82, 2.24) is 29.4 Å². The van der Waals surface area contributed by atoms with Crippen molar-refractivity contribution in [2.75, 3.05) is 40.4 Å². The second kappa shape index (κ2) is 9.52. The number of hydrogen-bond donors (Lipinski definition) is 0. The first-order valence-electron chi connectivity index (χ1n) is 10.9. The molecule has 32 heavy (non-hydrogen) atoms. The Morgan fingerprint density at radius 3 is 2.53 bits per heavy atom. The number of amides is 1. The summed E-state index contributed by atoms with van der Waals surface area (Å²) in [5, 5.41) is 4.23. The third kappa shape index (κ3) is 4.52. The van der Waals surface area contributed by atoms with Crippen LogP contribution in [0.5, 0.6) is 11.5 Å². The first kappa shape index (κ1) is 22.0. The molecule has 9 nitrogen and oxygen atoms in total. The number of methoxy groups -OCH3 is 2. The van der Waals surface area contributed by atoms with Crippen molar-refractivity contribution in [3.8, 4) is 11.5 Å². The Morgan fingerprint density at radius 2 is 1.81 bits per heavy atom. The number of carbonyl (C=O) groups excluding carboxylic acids is 1. The van der Waals surface area contributed by atoms with Gasteiger partial charge in [0, 0.05) is 50.5 Å². The van der Waals surface area contributed by atoms with Gasteiger partial charge in [-0.15, -0.1) is 0 Å². The number of nitrogens with zero attached hydrogens (tertiary/aromatic N) is 6. The number of fused-ring (bicyclic) bond motifs is 1. The van der Waals surface area contributed by atoms with Crippen LogP contribution < -0.4 is 9.47 Å². The van der Waals surface area contributed by atoms with Gasteiger partial charge < -0.3 is 14.4 Å². The summed E-state index contributed by atoms with van der Waals surface area (Å²) in [6.45, 7) is 7.98. The molecule has 9 heteroatoms. The SMILES string of the molecule is COc1ccc(CN2CCN(C(=O)CCc3c(C)nc4ncnn4c3C)CC2)cc1OC. The molecule has 1 amide bonds. The molecule has 0 saturated carbocycles. The third-order valence-corrected chi connectivity index (χ3v) is 6.16.